The van der Waals surface area contributed by atoms with Gasteiger partial charge in [-0.2, -0.15) is 0 Å². The monoisotopic (exact) mass is 1480 g/mol. The zero-order valence-corrected chi connectivity index (χ0v) is 68.2. The molecule has 19 heteroatoms. The molecule has 0 rings (SSSR count). The van der Waals surface area contributed by atoms with Crippen LogP contribution in [0.3, 0.4) is 0 Å². The quantitative estimate of drug-likeness (QED) is 0.0222. The van der Waals surface area contributed by atoms with E-state index in [0.29, 0.717) is 25.7 Å². The van der Waals surface area contributed by atoms with Gasteiger partial charge in [0.25, 0.3) is 0 Å². The molecule has 0 aromatic rings. The van der Waals surface area contributed by atoms with Crippen LogP contribution in [0.2, 0.25) is 0 Å². The minimum Gasteiger partial charge on any atom is -0.462 e. The summed E-state index contributed by atoms with van der Waals surface area (Å²) in [4.78, 5) is 73.1. The summed E-state index contributed by atoms with van der Waals surface area (Å²) in [5.74, 6) is 0.281. The Morgan fingerprint density at radius 1 is 0.287 bits per heavy atom. The van der Waals surface area contributed by atoms with E-state index in [1.165, 1.54) is 238 Å². The fraction of sp³-hybridized carbons (Fsp3) is 0.951. The van der Waals surface area contributed by atoms with Crippen molar-refractivity contribution in [3.8, 4) is 0 Å². The van der Waals surface area contributed by atoms with Crippen molar-refractivity contribution in [3.63, 3.8) is 0 Å². The lowest BCUT2D eigenvalue weighted by molar-refractivity contribution is -0.161. The summed E-state index contributed by atoms with van der Waals surface area (Å²) in [6, 6.07) is 0. The van der Waals surface area contributed by atoms with Crippen LogP contribution in [0.4, 0.5) is 0 Å². The van der Waals surface area contributed by atoms with Gasteiger partial charge in [0.15, 0.2) is 12.2 Å². The molecule has 0 spiro atoms. The highest BCUT2D eigenvalue weighted by Crippen LogP contribution is 2.45. The molecule has 0 saturated carbocycles. The van der Waals surface area contributed by atoms with Gasteiger partial charge in [-0.1, -0.05) is 376 Å². The Bertz CT molecular complexity index is 1960. The average Bonchev–Trinajstić information content (AvgIpc) is 0.930. The van der Waals surface area contributed by atoms with Crippen molar-refractivity contribution < 1.29 is 80.2 Å². The molecular weight excluding hydrogens is 1320 g/mol. The van der Waals surface area contributed by atoms with E-state index in [4.69, 9.17) is 37.0 Å². The Morgan fingerprint density at radius 2 is 0.505 bits per heavy atom. The first kappa shape index (κ1) is 99.1. The molecule has 0 aliphatic heterocycles. The largest absolute Gasteiger partial charge is 0.472 e. The van der Waals surface area contributed by atoms with Crippen LogP contribution < -0.4 is 0 Å². The molecule has 0 radical (unpaired) electrons. The molecule has 0 aromatic heterocycles. The number of hydrogen-bond donors (Lipinski definition) is 3. The summed E-state index contributed by atoms with van der Waals surface area (Å²) in [7, 11) is -9.92. The smallest absolute Gasteiger partial charge is 0.462 e. The molecule has 101 heavy (non-hydrogen) atoms. The van der Waals surface area contributed by atoms with E-state index >= 15 is 0 Å². The summed E-state index contributed by atoms with van der Waals surface area (Å²) >= 11 is 0. The fourth-order valence-corrected chi connectivity index (χ4v) is 14.2. The second-order valence-corrected chi connectivity index (χ2v) is 33.6. The van der Waals surface area contributed by atoms with Gasteiger partial charge in [0.2, 0.25) is 0 Å². The summed E-state index contributed by atoms with van der Waals surface area (Å²) in [5, 5.41) is 10.7. The molecular formula is C82H160O17P2. The van der Waals surface area contributed by atoms with Crippen LogP contribution in [0.15, 0.2) is 0 Å². The van der Waals surface area contributed by atoms with Crippen LogP contribution >= 0.6 is 15.6 Å². The number of phosphoric acid groups is 2. The number of rotatable bonds is 80. The Morgan fingerprint density at radius 3 is 0.752 bits per heavy atom. The first-order chi connectivity index (χ1) is 48.8. The van der Waals surface area contributed by atoms with Gasteiger partial charge < -0.3 is 33.8 Å². The predicted octanol–water partition coefficient (Wildman–Crippen LogP) is 24.5. The minimum atomic E-state index is -4.96. The molecule has 0 fully saturated rings. The number of phosphoric ester groups is 2. The first-order valence-electron chi connectivity index (χ1n) is 42.4. The van der Waals surface area contributed by atoms with E-state index in [9.17, 15) is 43.2 Å². The highest BCUT2D eigenvalue weighted by molar-refractivity contribution is 7.47. The maximum absolute atomic E-state index is 13.1. The number of hydrogen-bond acceptors (Lipinski definition) is 15. The number of aliphatic hydroxyl groups is 1. The standard InChI is InChI=1S/C82H160O17P2/c1-8-10-11-12-13-14-15-16-23-29-36-44-51-58-65-81(86)99-78(70-93-80(85)64-57-50-43-38-31-33-40-47-54-61-74(5)6)72-97-101(90,91)95-68-76(83)67-94-100(88,89)96-71-77(69-92-79(84)63-56-49-42-35-28-24-19-17-21-26-32-39-46-53-60-73(3)4)98-82(87)66-59-52-45-37-30-25-20-18-22-27-34-41-48-55-62-75(7)9-2/h73-78,83H,8-72H2,1-7H3,(H,88,89)(H,90,91)/t75?,76-,77-,78-/m1/s1. The molecule has 600 valence electrons. The third-order valence-corrected chi connectivity index (χ3v) is 21.4. The maximum Gasteiger partial charge on any atom is 0.472 e. The van der Waals surface area contributed by atoms with Crippen LogP contribution in [0, 0.1) is 17.8 Å². The molecule has 17 nitrogen and oxygen atoms in total. The molecule has 0 amide bonds. The lowest BCUT2D eigenvalue weighted by Crippen LogP contribution is -2.30. The zero-order chi connectivity index (χ0) is 74.4. The number of esters is 4. The summed E-state index contributed by atoms with van der Waals surface area (Å²) in [6.45, 7) is 12.0. The number of carbonyl (C=O) groups excluding carboxylic acids is 4. The summed E-state index contributed by atoms with van der Waals surface area (Å²) in [6.07, 6.45) is 60.9. The second kappa shape index (κ2) is 72.3. The van der Waals surface area contributed by atoms with E-state index in [1.807, 2.05) is 0 Å². The SMILES string of the molecule is CCCCCCCCCCCCCCCCC(=O)O[C@H](COC(=O)CCCCCCCCCCCC(C)C)COP(=O)(O)OC[C@H](O)COP(=O)(O)OC[C@@H](COC(=O)CCCCCCCCCCCCCCCCC(C)C)OC(=O)CCCCCCCCCCCCCCCCC(C)CC. The number of ether oxygens (including phenoxy) is 4. The third kappa shape index (κ3) is 74.7. The topological polar surface area (TPSA) is 237 Å². The molecule has 3 N–H and O–H groups in total. The third-order valence-electron chi connectivity index (χ3n) is 19.5. The van der Waals surface area contributed by atoms with Crippen molar-refractivity contribution in [2.75, 3.05) is 39.6 Å². The molecule has 0 aromatic carbocycles. The Labute approximate surface area is 619 Å². The first-order valence-corrected chi connectivity index (χ1v) is 45.4. The van der Waals surface area contributed by atoms with Crippen LogP contribution in [0.25, 0.3) is 0 Å². The normalized spacial score (nSPS) is 14.2. The lowest BCUT2D eigenvalue weighted by atomic mass is 9.99. The van der Waals surface area contributed by atoms with Gasteiger partial charge in [-0.15, -0.1) is 0 Å². The van der Waals surface area contributed by atoms with Crippen molar-refractivity contribution >= 4 is 39.5 Å². The van der Waals surface area contributed by atoms with Gasteiger partial charge in [-0.25, -0.2) is 9.13 Å². The number of unbranched alkanes of at least 4 members (excludes halogenated alkanes) is 47. The van der Waals surface area contributed by atoms with Crippen molar-refractivity contribution in [2.24, 2.45) is 17.8 Å². The van der Waals surface area contributed by atoms with Gasteiger partial charge in [0.05, 0.1) is 26.4 Å². The van der Waals surface area contributed by atoms with Crippen molar-refractivity contribution in [1.82, 2.24) is 0 Å². The molecule has 6 atom stereocenters. The average molecular weight is 1480 g/mol. The van der Waals surface area contributed by atoms with Crippen LogP contribution in [-0.4, -0.2) is 96.7 Å². The number of aliphatic hydroxyl groups excluding tert-OH is 1. The van der Waals surface area contributed by atoms with Crippen molar-refractivity contribution in [3.05, 3.63) is 0 Å². The fourth-order valence-electron chi connectivity index (χ4n) is 12.6. The zero-order valence-electron chi connectivity index (χ0n) is 66.4. The van der Waals surface area contributed by atoms with E-state index in [2.05, 4.69) is 48.5 Å². The van der Waals surface area contributed by atoms with Gasteiger partial charge in [0, 0.05) is 25.7 Å². The molecule has 0 saturated heterocycles. The van der Waals surface area contributed by atoms with Crippen LogP contribution in [0.5, 0.6) is 0 Å². The lowest BCUT2D eigenvalue weighted by Gasteiger charge is -2.21. The van der Waals surface area contributed by atoms with E-state index < -0.39 is 97.5 Å². The van der Waals surface area contributed by atoms with Gasteiger partial charge in [-0.3, -0.25) is 37.3 Å². The highest BCUT2D eigenvalue weighted by Gasteiger charge is 2.30. The van der Waals surface area contributed by atoms with Gasteiger partial charge in [0.1, 0.15) is 19.3 Å². The predicted molar refractivity (Wildman–Crippen MR) is 414 cm³/mol. The molecule has 0 aliphatic rings. The molecule has 3 unspecified atom stereocenters. The maximum atomic E-state index is 13.1. The van der Waals surface area contributed by atoms with Crippen molar-refractivity contribution in [2.45, 2.75) is 446 Å². The molecule has 0 heterocycles. The summed E-state index contributed by atoms with van der Waals surface area (Å²) < 4.78 is 68.8. The minimum absolute atomic E-state index is 0.107. The van der Waals surface area contributed by atoms with Gasteiger partial charge in [-0.05, 0) is 43.4 Å². The van der Waals surface area contributed by atoms with E-state index in [1.54, 1.807) is 0 Å². The van der Waals surface area contributed by atoms with E-state index in [-0.39, 0.29) is 25.7 Å². The second-order valence-electron chi connectivity index (χ2n) is 30.7. The van der Waals surface area contributed by atoms with Crippen molar-refractivity contribution in [1.29, 1.82) is 0 Å². The Hall–Kier alpha value is -1.94. The highest BCUT2D eigenvalue weighted by atomic mass is 31.2. The van der Waals surface area contributed by atoms with E-state index in [0.717, 1.165) is 108 Å². The van der Waals surface area contributed by atoms with Crippen LogP contribution in [-0.2, 0) is 65.4 Å². The molecule has 0 bridgehead atoms. The summed E-state index contributed by atoms with van der Waals surface area (Å²) in [5.41, 5.74) is 0. The number of carbonyl (C=O) groups is 4. The Balaban J connectivity index is 5.27. The Kier molecular flexibility index (Phi) is 70.9. The molecule has 0 aliphatic carbocycles. The van der Waals surface area contributed by atoms with Gasteiger partial charge >= 0.3 is 39.5 Å². The van der Waals surface area contributed by atoms with Crippen LogP contribution in [0.1, 0.15) is 427 Å².